The van der Waals surface area contributed by atoms with Crippen molar-refractivity contribution in [2.75, 3.05) is 13.6 Å². The summed E-state index contributed by atoms with van der Waals surface area (Å²) in [6.45, 7) is 2.62. The molecule has 0 aliphatic heterocycles. The molecule has 1 atom stereocenters. The van der Waals surface area contributed by atoms with E-state index in [-0.39, 0.29) is 18.4 Å². The lowest BCUT2D eigenvalue weighted by Gasteiger charge is -2.19. The van der Waals surface area contributed by atoms with Gasteiger partial charge in [-0.15, -0.1) is 0 Å². The predicted molar refractivity (Wildman–Crippen MR) is 79.8 cm³/mol. The number of aliphatic carboxylic acids is 1. The number of aryl methyl sites for hydroxylation is 1. The number of carbonyl (C=O) groups is 2. The van der Waals surface area contributed by atoms with Crippen molar-refractivity contribution in [3.63, 3.8) is 0 Å². The average molecular weight is 290 g/mol. The van der Waals surface area contributed by atoms with Gasteiger partial charge in [-0.25, -0.2) is 0 Å². The number of carboxylic acids is 1. The number of rotatable bonds is 7. The van der Waals surface area contributed by atoms with Crippen LogP contribution in [0, 0.1) is 12.8 Å². The van der Waals surface area contributed by atoms with Gasteiger partial charge >= 0.3 is 5.97 Å². The fourth-order valence-corrected chi connectivity index (χ4v) is 2.27. The van der Waals surface area contributed by atoms with Crippen molar-refractivity contribution >= 4 is 11.9 Å². The van der Waals surface area contributed by atoms with Gasteiger partial charge in [-0.3, -0.25) is 14.9 Å². The second-order valence-electron chi connectivity index (χ2n) is 5.77. The molecule has 0 spiro atoms. The topological polar surface area (TPSA) is 69.6 Å². The number of hydrogen-bond donors (Lipinski definition) is 2. The van der Waals surface area contributed by atoms with E-state index in [0.29, 0.717) is 6.54 Å². The van der Waals surface area contributed by atoms with Crippen LogP contribution in [0.3, 0.4) is 0 Å². The van der Waals surface area contributed by atoms with E-state index in [9.17, 15) is 9.59 Å². The highest BCUT2D eigenvalue weighted by Crippen LogP contribution is 2.32. The quantitative estimate of drug-likeness (QED) is 0.796. The highest BCUT2D eigenvalue weighted by Gasteiger charge is 2.36. The Balaban J connectivity index is 1.81. The number of benzene rings is 1. The lowest BCUT2D eigenvalue weighted by Crippen LogP contribution is -2.44. The molecule has 0 bridgehead atoms. The Bertz CT molecular complexity index is 509. The molecule has 1 saturated carbocycles. The van der Waals surface area contributed by atoms with Gasteiger partial charge in [0.15, 0.2) is 0 Å². The SMILES string of the molecule is Cc1ccc(CN(C)C(=O)CNC(C(=O)O)C2CC2)cc1. The van der Waals surface area contributed by atoms with Crippen molar-refractivity contribution in [3.8, 4) is 0 Å². The smallest absolute Gasteiger partial charge is 0.320 e. The highest BCUT2D eigenvalue weighted by atomic mass is 16.4. The first kappa shape index (κ1) is 15.5. The van der Waals surface area contributed by atoms with Crippen LogP contribution in [0.25, 0.3) is 0 Å². The zero-order valence-corrected chi connectivity index (χ0v) is 12.5. The number of hydrogen-bond acceptors (Lipinski definition) is 3. The first-order valence-corrected chi connectivity index (χ1v) is 7.23. The van der Waals surface area contributed by atoms with E-state index in [1.54, 1.807) is 11.9 Å². The zero-order chi connectivity index (χ0) is 15.4. The van der Waals surface area contributed by atoms with Crippen molar-refractivity contribution in [1.82, 2.24) is 10.2 Å². The Morgan fingerprint density at radius 3 is 2.48 bits per heavy atom. The van der Waals surface area contributed by atoms with Crippen molar-refractivity contribution in [3.05, 3.63) is 35.4 Å². The maximum absolute atomic E-state index is 12.1. The van der Waals surface area contributed by atoms with E-state index >= 15 is 0 Å². The Morgan fingerprint density at radius 1 is 1.33 bits per heavy atom. The predicted octanol–water partition coefficient (Wildman–Crippen LogP) is 1.41. The molecule has 2 rings (SSSR count). The fourth-order valence-electron chi connectivity index (χ4n) is 2.27. The molecule has 1 fully saturated rings. The number of likely N-dealkylation sites (N-methyl/N-ethyl adjacent to an activating group) is 1. The van der Waals surface area contributed by atoms with Crippen LogP contribution in [0.2, 0.25) is 0 Å². The Kier molecular flexibility index (Phi) is 4.96. The molecule has 1 aromatic carbocycles. The van der Waals surface area contributed by atoms with E-state index in [1.165, 1.54) is 5.56 Å². The maximum atomic E-state index is 12.1. The summed E-state index contributed by atoms with van der Waals surface area (Å²) in [5.74, 6) is -0.785. The minimum absolute atomic E-state index is 0.0653. The molecule has 2 N–H and O–H groups in total. The molecular formula is C16H22N2O3. The summed E-state index contributed by atoms with van der Waals surface area (Å²) in [7, 11) is 1.73. The third-order valence-electron chi connectivity index (χ3n) is 3.80. The van der Waals surface area contributed by atoms with Crippen LogP contribution in [0.5, 0.6) is 0 Å². The maximum Gasteiger partial charge on any atom is 0.320 e. The minimum Gasteiger partial charge on any atom is -0.480 e. The lowest BCUT2D eigenvalue weighted by molar-refractivity contribution is -0.140. The molecule has 114 valence electrons. The average Bonchev–Trinajstić information content (AvgIpc) is 3.25. The number of carbonyl (C=O) groups excluding carboxylic acids is 1. The molecule has 1 aromatic rings. The summed E-state index contributed by atoms with van der Waals surface area (Å²) < 4.78 is 0. The number of amides is 1. The summed E-state index contributed by atoms with van der Waals surface area (Å²) in [6, 6.07) is 7.42. The number of carboxylic acid groups (broad SMARTS) is 1. The first-order chi connectivity index (χ1) is 9.97. The van der Waals surface area contributed by atoms with Gasteiger partial charge in [0.05, 0.1) is 6.54 Å². The molecule has 21 heavy (non-hydrogen) atoms. The molecular weight excluding hydrogens is 268 g/mol. The van der Waals surface area contributed by atoms with E-state index in [0.717, 1.165) is 18.4 Å². The Morgan fingerprint density at radius 2 is 1.95 bits per heavy atom. The van der Waals surface area contributed by atoms with Gasteiger partial charge < -0.3 is 10.0 Å². The fraction of sp³-hybridized carbons (Fsp3) is 0.500. The van der Waals surface area contributed by atoms with Gasteiger partial charge in [0, 0.05) is 13.6 Å². The van der Waals surface area contributed by atoms with Gasteiger partial charge in [-0.1, -0.05) is 29.8 Å². The van der Waals surface area contributed by atoms with Crippen LogP contribution in [0.4, 0.5) is 0 Å². The monoisotopic (exact) mass is 290 g/mol. The third-order valence-corrected chi connectivity index (χ3v) is 3.80. The summed E-state index contributed by atoms with van der Waals surface area (Å²) in [4.78, 5) is 24.8. The molecule has 0 saturated heterocycles. The molecule has 5 heteroatoms. The second-order valence-corrected chi connectivity index (χ2v) is 5.77. The summed E-state index contributed by atoms with van der Waals surface area (Å²) in [5, 5.41) is 12.0. The summed E-state index contributed by atoms with van der Waals surface area (Å²) >= 11 is 0. The molecule has 1 unspecified atom stereocenters. The van der Waals surface area contributed by atoms with Gasteiger partial charge in [0.25, 0.3) is 0 Å². The third kappa shape index (κ3) is 4.56. The normalized spacial score (nSPS) is 15.5. The van der Waals surface area contributed by atoms with Crippen molar-refractivity contribution in [1.29, 1.82) is 0 Å². The molecule has 1 aliphatic carbocycles. The minimum atomic E-state index is -0.869. The van der Waals surface area contributed by atoms with Gasteiger partial charge in [0.2, 0.25) is 5.91 Å². The van der Waals surface area contributed by atoms with E-state index < -0.39 is 12.0 Å². The largest absolute Gasteiger partial charge is 0.480 e. The highest BCUT2D eigenvalue weighted by molar-refractivity contribution is 5.80. The zero-order valence-electron chi connectivity index (χ0n) is 12.5. The Hall–Kier alpha value is -1.88. The van der Waals surface area contributed by atoms with E-state index in [2.05, 4.69) is 5.32 Å². The molecule has 0 radical (unpaired) electrons. The standard InChI is InChI=1S/C16H22N2O3/c1-11-3-5-12(6-4-11)10-18(2)14(19)9-17-15(16(20)21)13-7-8-13/h3-6,13,15,17H,7-10H2,1-2H3,(H,20,21). The van der Waals surface area contributed by atoms with Crippen LogP contribution in [0.15, 0.2) is 24.3 Å². The van der Waals surface area contributed by atoms with Crippen LogP contribution >= 0.6 is 0 Å². The molecule has 0 aromatic heterocycles. The second kappa shape index (κ2) is 6.72. The van der Waals surface area contributed by atoms with Crippen LogP contribution in [0.1, 0.15) is 24.0 Å². The molecule has 5 nitrogen and oxygen atoms in total. The lowest BCUT2D eigenvalue weighted by atomic mass is 10.1. The van der Waals surface area contributed by atoms with Crippen molar-refractivity contribution in [2.24, 2.45) is 5.92 Å². The number of nitrogens with one attached hydrogen (secondary N) is 1. The van der Waals surface area contributed by atoms with E-state index in [4.69, 9.17) is 5.11 Å². The summed E-state index contributed by atoms with van der Waals surface area (Å²) in [5.41, 5.74) is 2.25. The Labute approximate surface area is 125 Å². The van der Waals surface area contributed by atoms with Crippen LogP contribution in [-0.2, 0) is 16.1 Å². The van der Waals surface area contributed by atoms with Gasteiger partial charge in [0.1, 0.15) is 6.04 Å². The van der Waals surface area contributed by atoms with Crippen LogP contribution in [-0.4, -0.2) is 41.5 Å². The summed E-state index contributed by atoms with van der Waals surface area (Å²) in [6.07, 6.45) is 1.86. The van der Waals surface area contributed by atoms with Crippen molar-refractivity contribution in [2.45, 2.75) is 32.4 Å². The first-order valence-electron chi connectivity index (χ1n) is 7.23. The molecule has 1 amide bonds. The van der Waals surface area contributed by atoms with Crippen LogP contribution < -0.4 is 5.32 Å². The number of nitrogens with zero attached hydrogens (tertiary/aromatic N) is 1. The van der Waals surface area contributed by atoms with E-state index in [1.807, 2.05) is 31.2 Å². The van der Waals surface area contributed by atoms with Gasteiger partial charge in [-0.05, 0) is 31.2 Å². The molecule has 1 aliphatic rings. The molecule has 0 heterocycles. The van der Waals surface area contributed by atoms with Gasteiger partial charge in [-0.2, -0.15) is 0 Å². The van der Waals surface area contributed by atoms with Crippen molar-refractivity contribution < 1.29 is 14.7 Å².